The maximum Gasteiger partial charge on any atom is 0.220 e. The summed E-state index contributed by atoms with van der Waals surface area (Å²) in [4.78, 5) is 16.5. The molecule has 0 aliphatic rings. The molecule has 0 saturated heterocycles. The Hall–Kier alpha value is -2.69. The van der Waals surface area contributed by atoms with Gasteiger partial charge < -0.3 is 9.72 Å². The summed E-state index contributed by atoms with van der Waals surface area (Å²) in [6.45, 7) is 2.52. The predicted molar refractivity (Wildman–Crippen MR) is 91.4 cm³/mol. The number of carbonyl (C=O) groups excluding carboxylic acids is 1. The van der Waals surface area contributed by atoms with Crippen LogP contribution in [0.25, 0.3) is 5.65 Å². The van der Waals surface area contributed by atoms with E-state index >= 15 is 0 Å². The highest BCUT2D eigenvalue weighted by atomic mass is 19.1. The van der Waals surface area contributed by atoms with Gasteiger partial charge in [-0.1, -0.05) is 18.2 Å². The number of imidazole rings is 1. The summed E-state index contributed by atoms with van der Waals surface area (Å²) in [5.41, 5.74) is 3.94. The van der Waals surface area contributed by atoms with Gasteiger partial charge in [-0.25, -0.2) is 9.37 Å². The van der Waals surface area contributed by atoms with Crippen LogP contribution in [0.4, 0.5) is 4.39 Å². The smallest absolute Gasteiger partial charge is 0.220 e. The van der Waals surface area contributed by atoms with Gasteiger partial charge in [0.15, 0.2) is 0 Å². The normalized spacial score (nSPS) is 10.9. The van der Waals surface area contributed by atoms with Crippen LogP contribution in [-0.4, -0.2) is 21.8 Å². The molecule has 0 unspecified atom stereocenters. The predicted octanol–water partition coefficient (Wildman–Crippen LogP) is 3.07. The first-order valence-electron chi connectivity index (χ1n) is 8.07. The highest BCUT2D eigenvalue weighted by molar-refractivity contribution is 5.76. The molecule has 0 aliphatic heterocycles. The molecule has 0 atom stereocenters. The number of aromatic nitrogens is 2. The molecule has 0 spiro atoms. The molecular formula is C19H20FN3O. The van der Waals surface area contributed by atoms with Crippen LogP contribution in [0.2, 0.25) is 0 Å². The first-order chi connectivity index (χ1) is 11.6. The number of nitrogens with one attached hydrogen (secondary N) is 1. The van der Waals surface area contributed by atoms with Crippen molar-refractivity contribution in [2.45, 2.75) is 26.2 Å². The molecule has 4 nitrogen and oxygen atoms in total. The largest absolute Gasteiger partial charge is 0.356 e. The van der Waals surface area contributed by atoms with Crippen LogP contribution in [0, 0.1) is 12.7 Å². The Labute approximate surface area is 140 Å². The summed E-state index contributed by atoms with van der Waals surface area (Å²) < 4.78 is 14.9. The Morgan fingerprint density at radius 2 is 1.96 bits per heavy atom. The number of halogens is 1. The molecule has 1 N–H and O–H groups in total. The van der Waals surface area contributed by atoms with Gasteiger partial charge in [0, 0.05) is 24.9 Å². The lowest BCUT2D eigenvalue weighted by Gasteiger charge is -2.06. The fraction of sp³-hybridized carbons (Fsp3) is 0.263. The number of aryl methyl sites for hydroxylation is 2. The first-order valence-corrected chi connectivity index (χ1v) is 8.07. The van der Waals surface area contributed by atoms with E-state index in [-0.39, 0.29) is 11.7 Å². The van der Waals surface area contributed by atoms with Crippen molar-refractivity contribution in [3.8, 4) is 0 Å². The quantitative estimate of drug-likeness (QED) is 0.757. The molecule has 5 heteroatoms. The van der Waals surface area contributed by atoms with E-state index in [0.717, 1.165) is 22.6 Å². The van der Waals surface area contributed by atoms with E-state index in [9.17, 15) is 9.18 Å². The molecule has 3 rings (SSSR count). The Balaban J connectivity index is 1.50. The Kier molecular flexibility index (Phi) is 4.89. The molecule has 0 bridgehead atoms. The summed E-state index contributed by atoms with van der Waals surface area (Å²) in [5, 5.41) is 2.91. The van der Waals surface area contributed by atoms with Gasteiger partial charge in [-0.2, -0.15) is 0 Å². The zero-order valence-electron chi connectivity index (χ0n) is 13.6. The molecule has 0 radical (unpaired) electrons. The van der Waals surface area contributed by atoms with Crippen molar-refractivity contribution in [1.29, 1.82) is 0 Å². The Bertz CT molecular complexity index is 839. The van der Waals surface area contributed by atoms with Crippen molar-refractivity contribution in [3.63, 3.8) is 0 Å². The van der Waals surface area contributed by atoms with Crippen LogP contribution >= 0.6 is 0 Å². The molecular weight excluding hydrogens is 305 g/mol. The molecule has 0 aliphatic carbocycles. The third kappa shape index (κ3) is 3.79. The lowest BCUT2D eigenvalue weighted by molar-refractivity contribution is -0.121. The van der Waals surface area contributed by atoms with Gasteiger partial charge in [0.1, 0.15) is 11.5 Å². The zero-order valence-corrected chi connectivity index (χ0v) is 13.6. The van der Waals surface area contributed by atoms with Gasteiger partial charge in [-0.3, -0.25) is 4.79 Å². The van der Waals surface area contributed by atoms with Crippen LogP contribution in [0.3, 0.4) is 0 Å². The van der Waals surface area contributed by atoms with Crippen molar-refractivity contribution in [2.75, 3.05) is 6.54 Å². The number of fused-ring (bicyclic) bond motifs is 1. The van der Waals surface area contributed by atoms with Gasteiger partial charge in [-0.15, -0.1) is 0 Å². The number of amides is 1. The second-order valence-electron chi connectivity index (χ2n) is 5.80. The second-order valence-corrected chi connectivity index (χ2v) is 5.80. The highest BCUT2D eigenvalue weighted by Crippen LogP contribution is 2.13. The molecule has 1 aromatic carbocycles. The number of hydrogen-bond acceptors (Lipinski definition) is 2. The average Bonchev–Trinajstić information content (AvgIpc) is 2.90. The van der Waals surface area contributed by atoms with E-state index in [4.69, 9.17) is 0 Å². The molecule has 124 valence electrons. The third-order valence-electron chi connectivity index (χ3n) is 4.07. The SMILES string of the molecule is Cc1nc2ccccn2c1CCC(=O)NCCc1ccc(F)cc1. The minimum atomic E-state index is -0.244. The van der Waals surface area contributed by atoms with Gasteiger partial charge in [0.05, 0.1) is 5.69 Å². The fourth-order valence-electron chi connectivity index (χ4n) is 2.78. The van der Waals surface area contributed by atoms with Crippen LogP contribution < -0.4 is 5.32 Å². The van der Waals surface area contributed by atoms with E-state index in [2.05, 4.69) is 10.3 Å². The third-order valence-corrected chi connectivity index (χ3v) is 4.07. The van der Waals surface area contributed by atoms with Gasteiger partial charge >= 0.3 is 0 Å². The molecule has 24 heavy (non-hydrogen) atoms. The van der Waals surface area contributed by atoms with Crippen molar-refractivity contribution in [3.05, 3.63) is 71.4 Å². The molecule has 0 saturated carbocycles. The van der Waals surface area contributed by atoms with E-state index < -0.39 is 0 Å². The standard InChI is InChI=1S/C19H20FN3O/c1-14-17(23-13-3-2-4-18(23)22-14)9-10-19(24)21-12-11-15-5-7-16(20)8-6-15/h2-8,13H,9-12H2,1H3,(H,21,24). The minimum absolute atomic E-state index is 0.0161. The van der Waals surface area contributed by atoms with Gasteiger partial charge in [0.2, 0.25) is 5.91 Å². The van der Waals surface area contributed by atoms with E-state index in [1.807, 2.05) is 35.7 Å². The van der Waals surface area contributed by atoms with Crippen molar-refractivity contribution >= 4 is 11.6 Å². The van der Waals surface area contributed by atoms with Crippen molar-refractivity contribution in [1.82, 2.24) is 14.7 Å². The second kappa shape index (κ2) is 7.25. The highest BCUT2D eigenvalue weighted by Gasteiger charge is 2.10. The zero-order chi connectivity index (χ0) is 16.9. The Morgan fingerprint density at radius 3 is 2.75 bits per heavy atom. The van der Waals surface area contributed by atoms with Crippen LogP contribution in [0.1, 0.15) is 23.4 Å². The van der Waals surface area contributed by atoms with Crippen molar-refractivity contribution < 1.29 is 9.18 Å². The van der Waals surface area contributed by atoms with E-state index in [1.165, 1.54) is 12.1 Å². The van der Waals surface area contributed by atoms with E-state index in [0.29, 0.717) is 25.8 Å². The monoisotopic (exact) mass is 325 g/mol. The fourth-order valence-corrected chi connectivity index (χ4v) is 2.78. The number of hydrogen-bond donors (Lipinski definition) is 1. The maximum atomic E-state index is 12.8. The Morgan fingerprint density at radius 1 is 1.17 bits per heavy atom. The minimum Gasteiger partial charge on any atom is -0.356 e. The summed E-state index contributed by atoms with van der Waals surface area (Å²) in [7, 11) is 0. The molecule has 0 fully saturated rings. The van der Waals surface area contributed by atoms with Crippen LogP contribution in [0.5, 0.6) is 0 Å². The first kappa shape index (κ1) is 16.2. The average molecular weight is 325 g/mol. The van der Waals surface area contributed by atoms with E-state index in [1.54, 1.807) is 12.1 Å². The van der Waals surface area contributed by atoms with Crippen LogP contribution in [-0.2, 0) is 17.6 Å². The summed E-state index contributed by atoms with van der Waals surface area (Å²) in [6.07, 6.45) is 3.74. The molecule has 2 heterocycles. The van der Waals surface area contributed by atoms with Gasteiger partial charge in [0.25, 0.3) is 0 Å². The lowest BCUT2D eigenvalue weighted by Crippen LogP contribution is -2.26. The molecule has 1 amide bonds. The topological polar surface area (TPSA) is 46.4 Å². The summed E-state index contributed by atoms with van der Waals surface area (Å²) in [6, 6.07) is 12.2. The van der Waals surface area contributed by atoms with Crippen molar-refractivity contribution in [2.24, 2.45) is 0 Å². The summed E-state index contributed by atoms with van der Waals surface area (Å²) in [5.74, 6) is -0.228. The lowest BCUT2D eigenvalue weighted by atomic mass is 10.1. The van der Waals surface area contributed by atoms with Crippen LogP contribution in [0.15, 0.2) is 48.7 Å². The number of benzene rings is 1. The number of rotatable bonds is 6. The number of pyridine rings is 1. The number of carbonyl (C=O) groups is 1. The van der Waals surface area contributed by atoms with Gasteiger partial charge in [-0.05, 0) is 49.6 Å². The maximum absolute atomic E-state index is 12.8. The molecule has 3 aromatic rings. The number of nitrogens with zero attached hydrogens (tertiary/aromatic N) is 2. The summed E-state index contributed by atoms with van der Waals surface area (Å²) >= 11 is 0. The molecule has 2 aromatic heterocycles.